The molecule has 0 aliphatic rings. The Bertz CT molecular complexity index is 680. The van der Waals surface area contributed by atoms with E-state index in [0.717, 1.165) is 16.7 Å². The van der Waals surface area contributed by atoms with Crippen molar-refractivity contribution < 1.29 is 15.0 Å². The van der Waals surface area contributed by atoms with Gasteiger partial charge in [0.15, 0.2) is 0 Å². The van der Waals surface area contributed by atoms with Crippen LogP contribution in [-0.4, -0.2) is 34.1 Å². The van der Waals surface area contributed by atoms with Crippen molar-refractivity contribution in [2.45, 2.75) is 26.9 Å². The first-order valence-electron chi connectivity index (χ1n) is 7.76. The molecule has 0 spiro atoms. The summed E-state index contributed by atoms with van der Waals surface area (Å²) >= 11 is 0. The van der Waals surface area contributed by atoms with E-state index >= 15 is 0 Å². The minimum Gasteiger partial charge on any atom is -0.507 e. The highest BCUT2D eigenvalue weighted by atomic mass is 16.3. The second-order valence-electron chi connectivity index (χ2n) is 5.79. The third-order valence-electron chi connectivity index (χ3n) is 3.91. The van der Waals surface area contributed by atoms with Crippen molar-refractivity contribution in [1.82, 2.24) is 4.90 Å². The Balaban J connectivity index is 2.15. The van der Waals surface area contributed by atoms with Crippen molar-refractivity contribution in [3.8, 4) is 5.75 Å². The number of hydrogen-bond donors (Lipinski definition) is 2. The molecule has 0 heterocycles. The number of likely N-dealkylation sites (N-methyl/N-ethyl adjacent to an activating group) is 1. The van der Waals surface area contributed by atoms with Crippen LogP contribution in [0.4, 0.5) is 0 Å². The summed E-state index contributed by atoms with van der Waals surface area (Å²) in [6, 6.07) is 12.6. The summed E-state index contributed by atoms with van der Waals surface area (Å²) in [7, 11) is 0. The third kappa shape index (κ3) is 4.11. The molecule has 1 unspecified atom stereocenters. The molecule has 2 aromatic rings. The van der Waals surface area contributed by atoms with Crippen LogP contribution in [0.3, 0.4) is 0 Å². The Morgan fingerprint density at radius 2 is 1.70 bits per heavy atom. The van der Waals surface area contributed by atoms with Crippen molar-refractivity contribution in [3.05, 3.63) is 64.7 Å². The van der Waals surface area contributed by atoms with Gasteiger partial charge in [-0.3, -0.25) is 4.79 Å². The van der Waals surface area contributed by atoms with Crippen molar-refractivity contribution in [2.75, 3.05) is 13.1 Å². The minimum absolute atomic E-state index is 0.0294. The topological polar surface area (TPSA) is 60.8 Å². The second kappa shape index (κ2) is 7.29. The smallest absolute Gasteiger partial charge is 0.257 e. The van der Waals surface area contributed by atoms with Crippen LogP contribution in [0, 0.1) is 13.8 Å². The van der Waals surface area contributed by atoms with Crippen LogP contribution < -0.4 is 0 Å². The van der Waals surface area contributed by atoms with Gasteiger partial charge >= 0.3 is 0 Å². The van der Waals surface area contributed by atoms with Gasteiger partial charge in [-0.2, -0.15) is 0 Å². The molecule has 4 heteroatoms. The Morgan fingerprint density at radius 3 is 2.26 bits per heavy atom. The molecule has 0 aliphatic heterocycles. The van der Waals surface area contributed by atoms with Crippen molar-refractivity contribution in [2.24, 2.45) is 0 Å². The highest BCUT2D eigenvalue weighted by Crippen LogP contribution is 2.22. The average Bonchev–Trinajstić information content (AvgIpc) is 2.52. The normalized spacial score (nSPS) is 12.0. The van der Waals surface area contributed by atoms with Gasteiger partial charge in [0.05, 0.1) is 18.2 Å². The van der Waals surface area contributed by atoms with Gasteiger partial charge in [-0.05, 0) is 44.0 Å². The van der Waals surface area contributed by atoms with Crippen LogP contribution >= 0.6 is 0 Å². The monoisotopic (exact) mass is 313 g/mol. The Labute approximate surface area is 137 Å². The van der Waals surface area contributed by atoms with Gasteiger partial charge in [0.25, 0.3) is 5.91 Å². The van der Waals surface area contributed by atoms with Gasteiger partial charge < -0.3 is 15.1 Å². The van der Waals surface area contributed by atoms with Crippen LogP contribution in [-0.2, 0) is 0 Å². The zero-order valence-electron chi connectivity index (χ0n) is 13.8. The Morgan fingerprint density at radius 1 is 1.09 bits per heavy atom. The van der Waals surface area contributed by atoms with E-state index in [1.165, 1.54) is 4.90 Å². The molecule has 0 bridgehead atoms. The molecule has 2 N–H and O–H groups in total. The molecule has 1 atom stereocenters. The number of amides is 1. The maximum absolute atomic E-state index is 12.6. The summed E-state index contributed by atoms with van der Waals surface area (Å²) in [6.45, 7) is 6.33. The zero-order chi connectivity index (χ0) is 17.0. The van der Waals surface area contributed by atoms with Crippen LogP contribution in [0.1, 0.15) is 40.1 Å². The number of carbonyl (C=O) groups is 1. The molecule has 0 radical (unpaired) electrons. The molecule has 0 aliphatic carbocycles. The lowest BCUT2D eigenvalue weighted by atomic mass is 10.1. The lowest BCUT2D eigenvalue weighted by Gasteiger charge is -2.24. The van der Waals surface area contributed by atoms with Gasteiger partial charge in [0.1, 0.15) is 5.75 Å². The number of phenols is 1. The quantitative estimate of drug-likeness (QED) is 0.891. The molecule has 122 valence electrons. The van der Waals surface area contributed by atoms with Crippen LogP contribution in [0.15, 0.2) is 42.5 Å². The molecule has 1 amide bonds. The second-order valence-corrected chi connectivity index (χ2v) is 5.79. The van der Waals surface area contributed by atoms with Crippen LogP contribution in [0.2, 0.25) is 0 Å². The van der Waals surface area contributed by atoms with E-state index in [2.05, 4.69) is 0 Å². The first kappa shape index (κ1) is 17.0. The molecule has 2 aromatic carbocycles. The molecule has 23 heavy (non-hydrogen) atoms. The number of carbonyl (C=O) groups excluding carboxylic acids is 1. The largest absolute Gasteiger partial charge is 0.507 e. The number of aliphatic hydroxyl groups excluding tert-OH is 1. The van der Waals surface area contributed by atoms with Crippen molar-refractivity contribution in [1.29, 1.82) is 0 Å². The summed E-state index contributed by atoms with van der Waals surface area (Å²) in [5.41, 5.74) is 3.04. The first-order chi connectivity index (χ1) is 10.9. The molecule has 0 saturated heterocycles. The van der Waals surface area contributed by atoms with E-state index in [9.17, 15) is 15.0 Å². The first-order valence-corrected chi connectivity index (χ1v) is 7.76. The number of nitrogens with zero attached hydrogens (tertiary/aromatic N) is 1. The molecular weight excluding hydrogens is 290 g/mol. The minimum atomic E-state index is -0.757. The van der Waals surface area contributed by atoms with Crippen molar-refractivity contribution in [3.63, 3.8) is 0 Å². The number of aliphatic hydroxyl groups is 1. The van der Waals surface area contributed by atoms with Gasteiger partial charge in [-0.25, -0.2) is 0 Å². The van der Waals surface area contributed by atoms with E-state index in [0.29, 0.717) is 6.54 Å². The van der Waals surface area contributed by atoms with Crippen molar-refractivity contribution >= 4 is 5.91 Å². The van der Waals surface area contributed by atoms with E-state index in [-0.39, 0.29) is 23.8 Å². The molecule has 0 fully saturated rings. The molecule has 0 aromatic heterocycles. The van der Waals surface area contributed by atoms with E-state index in [1.807, 2.05) is 45.0 Å². The maximum Gasteiger partial charge on any atom is 0.257 e. The molecule has 2 rings (SSSR count). The van der Waals surface area contributed by atoms with Gasteiger partial charge in [-0.1, -0.05) is 35.9 Å². The highest BCUT2D eigenvalue weighted by molar-refractivity contribution is 5.96. The molecule has 0 saturated carbocycles. The molecular formula is C19H23NO3. The van der Waals surface area contributed by atoms with Crippen LogP contribution in [0.25, 0.3) is 0 Å². The Hall–Kier alpha value is -2.33. The number of rotatable bonds is 5. The summed E-state index contributed by atoms with van der Waals surface area (Å²) in [5.74, 6) is -0.311. The SMILES string of the molecule is CCN(CC(O)c1ccc(C)cc1)C(=O)c1ccc(C)cc1O. The van der Waals surface area contributed by atoms with Crippen LogP contribution in [0.5, 0.6) is 5.75 Å². The number of aryl methyl sites for hydroxylation is 2. The number of benzene rings is 2. The standard InChI is InChI=1S/C19H23NO3/c1-4-20(12-18(22)15-8-5-13(2)6-9-15)19(23)16-10-7-14(3)11-17(16)21/h5-11,18,21-22H,4,12H2,1-3H3. The van der Waals surface area contributed by atoms with E-state index in [4.69, 9.17) is 0 Å². The fourth-order valence-corrected chi connectivity index (χ4v) is 2.45. The molecule has 4 nitrogen and oxygen atoms in total. The number of phenolic OH excluding ortho intramolecular Hbond substituents is 1. The maximum atomic E-state index is 12.6. The predicted octanol–water partition coefficient (Wildman–Crippen LogP) is 3.20. The van der Waals surface area contributed by atoms with E-state index < -0.39 is 6.10 Å². The predicted molar refractivity (Wildman–Crippen MR) is 90.6 cm³/mol. The lowest BCUT2D eigenvalue weighted by molar-refractivity contribution is 0.0632. The third-order valence-corrected chi connectivity index (χ3v) is 3.91. The fourth-order valence-electron chi connectivity index (χ4n) is 2.45. The lowest BCUT2D eigenvalue weighted by Crippen LogP contribution is -2.34. The van der Waals surface area contributed by atoms with Gasteiger partial charge in [0.2, 0.25) is 0 Å². The summed E-state index contributed by atoms with van der Waals surface area (Å²) < 4.78 is 0. The van der Waals surface area contributed by atoms with E-state index in [1.54, 1.807) is 18.2 Å². The van der Waals surface area contributed by atoms with Gasteiger partial charge in [-0.15, -0.1) is 0 Å². The number of aromatic hydroxyl groups is 1. The number of hydrogen-bond acceptors (Lipinski definition) is 3. The summed E-state index contributed by atoms with van der Waals surface area (Å²) in [5, 5.41) is 20.3. The zero-order valence-corrected chi connectivity index (χ0v) is 13.8. The summed E-state index contributed by atoms with van der Waals surface area (Å²) in [6.07, 6.45) is -0.757. The fraction of sp³-hybridized carbons (Fsp3) is 0.316. The average molecular weight is 313 g/mol. The highest BCUT2D eigenvalue weighted by Gasteiger charge is 2.21. The summed E-state index contributed by atoms with van der Waals surface area (Å²) in [4.78, 5) is 14.1. The van der Waals surface area contributed by atoms with Gasteiger partial charge in [0, 0.05) is 6.54 Å². The Kier molecular flexibility index (Phi) is 5.40.